The summed E-state index contributed by atoms with van der Waals surface area (Å²) in [6.45, 7) is 11.0. The van der Waals surface area contributed by atoms with Crippen molar-refractivity contribution in [1.29, 1.82) is 0 Å². The summed E-state index contributed by atoms with van der Waals surface area (Å²) >= 11 is 0. The molecule has 7 heteroatoms. The SMILES string of the molecule is CCNC(=NCCCN1CCc2ccccc2C1)N1CCC(OCC2CCCCO2)CC1.I. The fourth-order valence-corrected chi connectivity index (χ4v) is 5.07. The van der Waals surface area contributed by atoms with Gasteiger partial charge in [-0.1, -0.05) is 24.3 Å². The second kappa shape index (κ2) is 14.5. The highest BCUT2D eigenvalue weighted by Gasteiger charge is 2.24. The largest absolute Gasteiger partial charge is 0.376 e. The van der Waals surface area contributed by atoms with Crippen LogP contribution in [0.1, 0.15) is 56.6 Å². The average molecular weight is 571 g/mol. The van der Waals surface area contributed by atoms with E-state index < -0.39 is 0 Å². The van der Waals surface area contributed by atoms with Gasteiger partial charge >= 0.3 is 0 Å². The summed E-state index contributed by atoms with van der Waals surface area (Å²) in [7, 11) is 0. The van der Waals surface area contributed by atoms with E-state index in [4.69, 9.17) is 14.5 Å². The van der Waals surface area contributed by atoms with Crippen LogP contribution in [0.3, 0.4) is 0 Å². The van der Waals surface area contributed by atoms with E-state index in [0.717, 1.165) is 84.1 Å². The minimum atomic E-state index is 0. The van der Waals surface area contributed by atoms with Crippen molar-refractivity contribution in [3.05, 3.63) is 35.4 Å². The molecule has 0 spiro atoms. The van der Waals surface area contributed by atoms with Crippen molar-refractivity contribution in [3.8, 4) is 0 Å². The number of nitrogens with zero attached hydrogens (tertiary/aromatic N) is 3. The topological polar surface area (TPSA) is 49.3 Å². The Balaban J connectivity index is 0.00000306. The van der Waals surface area contributed by atoms with E-state index in [1.807, 2.05) is 0 Å². The maximum absolute atomic E-state index is 6.18. The van der Waals surface area contributed by atoms with E-state index in [2.05, 4.69) is 46.3 Å². The molecular weight excluding hydrogens is 527 g/mol. The van der Waals surface area contributed by atoms with Crippen LogP contribution >= 0.6 is 24.0 Å². The highest BCUT2D eigenvalue weighted by atomic mass is 127. The molecule has 2 fully saturated rings. The molecule has 186 valence electrons. The Labute approximate surface area is 217 Å². The van der Waals surface area contributed by atoms with Crippen molar-refractivity contribution < 1.29 is 9.47 Å². The standard InChI is InChI=1S/C26H42N4O2.HI/c1-2-27-26(28-14-7-15-29-16-11-22-8-3-4-9-23(22)20-29)30-17-12-24(13-18-30)32-21-25-10-5-6-19-31-25;/h3-4,8-9,24-25H,2,5-7,10-21H2,1H3,(H,27,28);1H. The molecule has 6 nitrogen and oxygen atoms in total. The lowest BCUT2D eigenvalue weighted by Crippen LogP contribution is -2.47. The summed E-state index contributed by atoms with van der Waals surface area (Å²) < 4.78 is 12.0. The van der Waals surface area contributed by atoms with Crippen molar-refractivity contribution in [2.45, 2.75) is 70.6 Å². The van der Waals surface area contributed by atoms with Crippen LogP contribution < -0.4 is 5.32 Å². The summed E-state index contributed by atoms with van der Waals surface area (Å²) in [4.78, 5) is 9.94. The first-order valence-electron chi connectivity index (χ1n) is 12.9. The summed E-state index contributed by atoms with van der Waals surface area (Å²) in [6.07, 6.45) is 8.74. The van der Waals surface area contributed by atoms with Crippen molar-refractivity contribution in [2.24, 2.45) is 4.99 Å². The summed E-state index contributed by atoms with van der Waals surface area (Å²) in [5, 5.41) is 3.50. The number of benzene rings is 1. The number of piperidine rings is 1. The molecule has 3 heterocycles. The van der Waals surface area contributed by atoms with E-state index in [0.29, 0.717) is 12.2 Å². The number of halogens is 1. The Morgan fingerprint density at radius 1 is 1.12 bits per heavy atom. The molecule has 1 aromatic rings. The fraction of sp³-hybridized carbons (Fsp3) is 0.731. The zero-order chi connectivity index (χ0) is 22.0. The summed E-state index contributed by atoms with van der Waals surface area (Å²) in [5.74, 6) is 1.07. The molecule has 1 N–H and O–H groups in total. The van der Waals surface area contributed by atoms with E-state index >= 15 is 0 Å². The molecule has 1 atom stereocenters. The molecule has 0 saturated carbocycles. The molecule has 1 unspecified atom stereocenters. The monoisotopic (exact) mass is 570 g/mol. The predicted molar refractivity (Wildman–Crippen MR) is 146 cm³/mol. The molecular formula is C26H43IN4O2. The molecule has 0 aromatic heterocycles. The van der Waals surface area contributed by atoms with E-state index in [9.17, 15) is 0 Å². The van der Waals surface area contributed by atoms with E-state index in [-0.39, 0.29) is 24.0 Å². The number of hydrogen-bond donors (Lipinski definition) is 1. The number of aliphatic imine (C=N–C) groups is 1. The second-order valence-electron chi connectivity index (χ2n) is 9.39. The first-order valence-corrected chi connectivity index (χ1v) is 12.9. The molecule has 2 saturated heterocycles. The van der Waals surface area contributed by atoms with Gasteiger partial charge in [-0.05, 0) is 63.0 Å². The Morgan fingerprint density at radius 2 is 1.94 bits per heavy atom. The molecule has 1 aromatic carbocycles. The molecule has 3 aliphatic rings. The van der Waals surface area contributed by atoms with Gasteiger partial charge in [0.15, 0.2) is 5.96 Å². The van der Waals surface area contributed by atoms with Gasteiger partial charge in [0.1, 0.15) is 0 Å². The third-order valence-electron chi connectivity index (χ3n) is 6.97. The number of guanidine groups is 1. The second-order valence-corrected chi connectivity index (χ2v) is 9.39. The lowest BCUT2D eigenvalue weighted by atomic mass is 10.00. The van der Waals surface area contributed by atoms with Crippen LogP contribution in [0.15, 0.2) is 29.3 Å². The molecule has 33 heavy (non-hydrogen) atoms. The lowest BCUT2D eigenvalue weighted by Gasteiger charge is -2.35. The number of hydrogen-bond acceptors (Lipinski definition) is 4. The van der Waals surface area contributed by atoms with Gasteiger partial charge < -0.3 is 19.7 Å². The Kier molecular flexibility index (Phi) is 11.7. The van der Waals surface area contributed by atoms with Gasteiger partial charge in [-0.25, -0.2) is 0 Å². The Bertz CT molecular complexity index is 718. The van der Waals surface area contributed by atoms with Gasteiger partial charge in [0.05, 0.1) is 18.8 Å². The van der Waals surface area contributed by atoms with Crippen molar-refractivity contribution in [3.63, 3.8) is 0 Å². The van der Waals surface area contributed by atoms with Gasteiger partial charge in [0, 0.05) is 52.4 Å². The van der Waals surface area contributed by atoms with Gasteiger partial charge in [-0.15, -0.1) is 24.0 Å². The van der Waals surface area contributed by atoms with Crippen LogP contribution in [0.4, 0.5) is 0 Å². The van der Waals surface area contributed by atoms with Crippen LogP contribution in [0, 0.1) is 0 Å². The zero-order valence-corrected chi connectivity index (χ0v) is 22.7. The van der Waals surface area contributed by atoms with E-state index in [1.54, 1.807) is 0 Å². The normalized spacial score (nSPS) is 22.5. The molecule has 3 aliphatic heterocycles. The number of rotatable bonds is 8. The number of nitrogens with one attached hydrogen (secondary N) is 1. The van der Waals surface area contributed by atoms with Gasteiger partial charge in [0.25, 0.3) is 0 Å². The maximum atomic E-state index is 6.18. The van der Waals surface area contributed by atoms with Crippen molar-refractivity contribution >= 4 is 29.9 Å². The third-order valence-corrected chi connectivity index (χ3v) is 6.97. The molecule has 0 radical (unpaired) electrons. The molecule has 0 amide bonds. The number of likely N-dealkylation sites (tertiary alicyclic amines) is 1. The van der Waals surface area contributed by atoms with Gasteiger partial charge in [0.2, 0.25) is 0 Å². The molecule has 0 bridgehead atoms. The van der Waals surface area contributed by atoms with Crippen LogP contribution in [-0.4, -0.2) is 80.4 Å². The third kappa shape index (κ3) is 8.37. The highest BCUT2D eigenvalue weighted by molar-refractivity contribution is 14.0. The van der Waals surface area contributed by atoms with Crippen LogP contribution in [0.5, 0.6) is 0 Å². The lowest BCUT2D eigenvalue weighted by molar-refractivity contribution is -0.0721. The average Bonchev–Trinajstić information content (AvgIpc) is 2.85. The Hall–Kier alpha value is -0.900. The van der Waals surface area contributed by atoms with Crippen molar-refractivity contribution in [1.82, 2.24) is 15.1 Å². The maximum Gasteiger partial charge on any atom is 0.193 e. The molecule has 0 aliphatic carbocycles. The summed E-state index contributed by atoms with van der Waals surface area (Å²) in [6, 6.07) is 8.87. The minimum absolute atomic E-state index is 0. The highest BCUT2D eigenvalue weighted by Crippen LogP contribution is 2.19. The quantitative estimate of drug-likeness (QED) is 0.221. The molecule has 4 rings (SSSR count). The zero-order valence-electron chi connectivity index (χ0n) is 20.3. The first-order chi connectivity index (χ1) is 15.8. The van der Waals surface area contributed by atoms with Gasteiger partial charge in [-0.2, -0.15) is 0 Å². The number of fused-ring (bicyclic) bond motifs is 1. The van der Waals surface area contributed by atoms with Crippen LogP contribution in [0.2, 0.25) is 0 Å². The predicted octanol–water partition coefficient (Wildman–Crippen LogP) is 4.07. The Morgan fingerprint density at radius 3 is 2.70 bits per heavy atom. The fourth-order valence-electron chi connectivity index (χ4n) is 5.07. The van der Waals surface area contributed by atoms with Gasteiger partial charge in [-0.3, -0.25) is 9.89 Å². The smallest absolute Gasteiger partial charge is 0.193 e. The number of ether oxygens (including phenoxy) is 2. The first kappa shape index (κ1) is 26.7. The van der Waals surface area contributed by atoms with Crippen LogP contribution in [-0.2, 0) is 22.4 Å². The van der Waals surface area contributed by atoms with Crippen LogP contribution in [0.25, 0.3) is 0 Å². The summed E-state index contributed by atoms with van der Waals surface area (Å²) in [5.41, 5.74) is 3.02. The van der Waals surface area contributed by atoms with E-state index in [1.165, 1.54) is 36.9 Å². The van der Waals surface area contributed by atoms with Crippen molar-refractivity contribution in [2.75, 3.05) is 52.5 Å². The minimum Gasteiger partial charge on any atom is -0.376 e.